The zero-order valence-electron chi connectivity index (χ0n) is 11.4. The van der Waals surface area contributed by atoms with Gasteiger partial charge >= 0.3 is 0 Å². The largest absolute Gasteiger partial charge is 0.297 e. The van der Waals surface area contributed by atoms with Gasteiger partial charge < -0.3 is 0 Å². The average molecular weight is 286 g/mol. The third-order valence-electron chi connectivity index (χ3n) is 2.47. The molecule has 0 aromatic heterocycles. The van der Waals surface area contributed by atoms with Gasteiger partial charge in [-0.15, -0.1) is 0 Å². The van der Waals surface area contributed by atoms with E-state index >= 15 is 0 Å². The number of hydrogen-bond donors (Lipinski definition) is 0. The van der Waals surface area contributed by atoms with Gasteiger partial charge in [0, 0.05) is 37.3 Å². The maximum atomic E-state index is 5.91. The number of aryl methyl sites for hydroxylation is 1. The number of aliphatic imine (C=N–C) groups is 1. The molecular weight excluding hydrogens is 266 g/mol. The molecule has 0 aliphatic heterocycles. The highest BCUT2D eigenvalue weighted by molar-refractivity contribution is 7.95. The number of halogens is 1. The molecule has 0 atom stereocenters. The Bertz CT molecular complexity index is 405. The van der Waals surface area contributed by atoms with Crippen LogP contribution in [0.2, 0.25) is 5.02 Å². The van der Waals surface area contributed by atoms with E-state index in [9.17, 15) is 0 Å². The molecule has 3 nitrogen and oxygen atoms in total. The van der Waals surface area contributed by atoms with Crippen LogP contribution >= 0.6 is 23.7 Å². The molecule has 0 radical (unpaired) electrons. The van der Waals surface area contributed by atoms with E-state index in [0.717, 1.165) is 29.4 Å². The summed E-state index contributed by atoms with van der Waals surface area (Å²) in [7, 11) is 2.00. The molecule has 0 unspecified atom stereocenters. The van der Waals surface area contributed by atoms with E-state index in [2.05, 4.69) is 23.1 Å². The predicted octanol–water partition coefficient (Wildman–Crippen LogP) is 4.15. The zero-order valence-corrected chi connectivity index (χ0v) is 12.9. The first kappa shape index (κ1) is 15.3. The van der Waals surface area contributed by atoms with Gasteiger partial charge in [-0.05, 0) is 30.7 Å². The molecule has 0 aliphatic carbocycles. The molecule has 0 amide bonds. The van der Waals surface area contributed by atoms with Gasteiger partial charge in [0.2, 0.25) is 0 Å². The Morgan fingerprint density at radius 1 is 1.33 bits per heavy atom. The van der Waals surface area contributed by atoms with Crippen molar-refractivity contribution in [3.05, 3.63) is 28.8 Å². The van der Waals surface area contributed by atoms with Crippen LogP contribution in [0.4, 0.5) is 5.69 Å². The van der Waals surface area contributed by atoms with Gasteiger partial charge in [0.15, 0.2) is 0 Å². The van der Waals surface area contributed by atoms with Crippen LogP contribution in [0, 0.1) is 6.92 Å². The topological polar surface area (TPSA) is 18.8 Å². The van der Waals surface area contributed by atoms with Crippen molar-refractivity contribution in [2.75, 3.05) is 20.1 Å². The first-order valence-corrected chi connectivity index (χ1v) is 7.13. The van der Waals surface area contributed by atoms with Crippen LogP contribution in [0.15, 0.2) is 23.2 Å². The predicted molar refractivity (Wildman–Crippen MR) is 82.6 cm³/mol. The average Bonchev–Trinajstić information content (AvgIpc) is 2.35. The van der Waals surface area contributed by atoms with Crippen LogP contribution in [0.25, 0.3) is 0 Å². The van der Waals surface area contributed by atoms with E-state index in [1.807, 2.05) is 42.8 Å². The van der Waals surface area contributed by atoms with E-state index in [1.165, 1.54) is 0 Å². The fourth-order valence-corrected chi connectivity index (χ4v) is 2.36. The molecule has 0 saturated heterocycles. The van der Waals surface area contributed by atoms with E-state index in [-0.39, 0.29) is 0 Å². The van der Waals surface area contributed by atoms with Crippen molar-refractivity contribution in [1.82, 2.24) is 8.61 Å². The molecule has 1 aromatic carbocycles. The highest BCUT2D eigenvalue weighted by atomic mass is 35.5. The number of rotatable bonds is 6. The number of benzene rings is 1. The Kier molecular flexibility index (Phi) is 6.54. The van der Waals surface area contributed by atoms with Crippen LogP contribution in [0.5, 0.6) is 0 Å². The van der Waals surface area contributed by atoms with Gasteiger partial charge in [-0.2, -0.15) is 0 Å². The van der Waals surface area contributed by atoms with E-state index in [0.29, 0.717) is 0 Å². The van der Waals surface area contributed by atoms with Crippen molar-refractivity contribution < 1.29 is 0 Å². The summed E-state index contributed by atoms with van der Waals surface area (Å²) in [4.78, 5) is 4.46. The Morgan fingerprint density at radius 2 is 2.00 bits per heavy atom. The second-order valence-electron chi connectivity index (χ2n) is 3.92. The highest BCUT2D eigenvalue weighted by Crippen LogP contribution is 2.22. The lowest BCUT2D eigenvalue weighted by Crippen LogP contribution is -2.21. The molecule has 0 heterocycles. The standard InChI is InChI=1S/C13H20ClN3S/c1-5-17(6-2)18-16(4)10-15-13-8-7-12(14)9-11(13)3/h7-10H,5-6H2,1-4H3. The summed E-state index contributed by atoms with van der Waals surface area (Å²) in [5.74, 6) is 0. The molecule has 18 heavy (non-hydrogen) atoms. The van der Waals surface area contributed by atoms with Crippen molar-refractivity contribution in [2.24, 2.45) is 4.99 Å². The lowest BCUT2D eigenvalue weighted by molar-refractivity contribution is 0.511. The molecule has 1 aromatic rings. The van der Waals surface area contributed by atoms with Crippen molar-refractivity contribution in [2.45, 2.75) is 20.8 Å². The van der Waals surface area contributed by atoms with Crippen molar-refractivity contribution in [1.29, 1.82) is 0 Å². The van der Waals surface area contributed by atoms with Gasteiger partial charge in [-0.3, -0.25) is 4.31 Å². The van der Waals surface area contributed by atoms with Gasteiger partial charge in [0.05, 0.1) is 5.69 Å². The summed E-state index contributed by atoms with van der Waals surface area (Å²) in [5, 5.41) is 0.748. The first-order valence-electron chi connectivity index (χ1n) is 6.03. The molecule has 0 aliphatic rings. The lowest BCUT2D eigenvalue weighted by atomic mass is 10.2. The SMILES string of the molecule is CCN(CC)SN(C)C=Nc1ccc(Cl)cc1C. The van der Waals surface area contributed by atoms with Crippen molar-refractivity contribution in [3.63, 3.8) is 0 Å². The fourth-order valence-electron chi connectivity index (χ4n) is 1.45. The molecule has 0 N–H and O–H groups in total. The summed E-state index contributed by atoms with van der Waals surface area (Å²) in [6.07, 6.45) is 1.83. The zero-order chi connectivity index (χ0) is 13.5. The van der Waals surface area contributed by atoms with E-state index in [1.54, 1.807) is 12.1 Å². The minimum absolute atomic E-state index is 0.748. The fraction of sp³-hybridized carbons (Fsp3) is 0.462. The minimum Gasteiger partial charge on any atom is -0.297 e. The molecule has 0 bridgehead atoms. The van der Waals surface area contributed by atoms with Gasteiger partial charge in [0.25, 0.3) is 0 Å². The summed E-state index contributed by atoms with van der Waals surface area (Å²) in [5.41, 5.74) is 2.03. The summed E-state index contributed by atoms with van der Waals surface area (Å²) >= 11 is 7.58. The normalized spacial score (nSPS) is 11.4. The molecule has 100 valence electrons. The van der Waals surface area contributed by atoms with Gasteiger partial charge in [-0.1, -0.05) is 25.4 Å². The number of hydrogen-bond acceptors (Lipinski definition) is 3. The first-order chi connectivity index (χ1) is 8.56. The second-order valence-corrected chi connectivity index (χ2v) is 5.61. The minimum atomic E-state index is 0.748. The number of nitrogens with zero attached hydrogens (tertiary/aromatic N) is 3. The summed E-state index contributed by atoms with van der Waals surface area (Å²) < 4.78 is 4.25. The molecule has 1 rings (SSSR count). The van der Waals surface area contributed by atoms with Gasteiger partial charge in [-0.25, -0.2) is 9.30 Å². The molecule has 0 fully saturated rings. The Hall–Kier alpha value is -0.710. The highest BCUT2D eigenvalue weighted by Gasteiger charge is 2.03. The van der Waals surface area contributed by atoms with Crippen LogP contribution in [-0.2, 0) is 0 Å². The molecule has 0 saturated carbocycles. The van der Waals surface area contributed by atoms with E-state index < -0.39 is 0 Å². The van der Waals surface area contributed by atoms with Crippen LogP contribution in [-0.4, -0.2) is 35.1 Å². The Labute approximate surface area is 119 Å². The lowest BCUT2D eigenvalue weighted by Gasteiger charge is -2.21. The molecule has 0 spiro atoms. The monoisotopic (exact) mass is 285 g/mol. The van der Waals surface area contributed by atoms with Crippen molar-refractivity contribution >= 4 is 35.8 Å². The second kappa shape index (κ2) is 7.67. The molecule has 5 heteroatoms. The molecular formula is C13H20ClN3S. The van der Waals surface area contributed by atoms with Gasteiger partial charge in [0.1, 0.15) is 6.34 Å². The van der Waals surface area contributed by atoms with Crippen LogP contribution in [0.1, 0.15) is 19.4 Å². The maximum Gasteiger partial charge on any atom is 0.102 e. The maximum absolute atomic E-state index is 5.91. The quantitative estimate of drug-likeness (QED) is 0.445. The van der Waals surface area contributed by atoms with Crippen LogP contribution in [0.3, 0.4) is 0 Å². The van der Waals surface area contributed by atoms with Crippen LogP contribution < -0.4 is 0 Å². The van der Waals surface area contributed by atoms with E-state index in [4.69, 9.17) is 11.6 Å². The Balaban J connectivity index is 2.62. The summed E-state index contributed by atoms with van der Waals surface area (Å²) in [6, 6.07) is 5.72. The third-order valence-corrected chi connectivity index (χ3v) is 3.80. The Morgan fingerprint density at radius 3 is 2.56 bits per heavy atom. The third kappa shape index (κ3) is 4.88. The smallest absolute Gasteiger partial charge is 0.102 e. The summed E-state index contributed by atoms with van der Waals surface area (Å²) in [6.45, 7) is 8.32. The van der Waals surface area contributed by atoms with Crippen molar-refractivity contribution in [3.8, 4) is 0 Å².